The molecule has 0 saturated heterocycles. The molecule has 164 valence electrons. The number of anilines is 2. The highest BCUT2D eigenvalue weighted by atomic mass is 79.9. The lowest BCUT2D eigenvalue weighted by Crippen LogP contribution is -2.20. The summed E-state index contributed by atoms with van der Waals surface area (Å²) >= 11 is 3.44. The van der Waals surface area contributed by atoms with Crippen LogP contribution in [0.15, 0.2) is 77.3 Å². The van der Waals surface area contributed by atoms with Gasteiger partial charge in [0.25, 0.3) is 0 Å². The van der Waals surface area contributed by atoms with Crippen LogP contribution >= 0.6 is 15.9 Å². The summed E-state index contributed by atoms with van der Waals surface area (Å²) in [6.07, 6.45) is 4.02. The molecule has 0 spiro atoms. The topological polar surface area (TPSA) is 67.4 Å². The third-order valence-corrected chi connectivity index (χ3v) is 5.01. The Hall–Kier alpha value is -3.38. The smallest absolute Gasteiger partial charge is 0.323 e. The molecule has 0 saturated carbocycles. The summed E-state index contributed by atoms with van der Waals surface area (Å²) in [4.78, 5) is 25.6. The van der Waals surface area contributed by atoms with Crippen LogP contribution in [0.4, 0.5) is 16.2 Å². The lowest BCUT2D eigenvalue weighted by atomic mass is 10.1. The highest BCUT2D eigenvalue weighted by Gasteiger charge is 2.18. The van der Waals surface area contributed by atoms with Gasteiger partial charge in [0.1, 0.15) is 0 Å². The fourth-order valence-electron chi connectivity index (χ4n) is 2.98. The molecule has 0 aliphatic carbocycles. The van der Waals surface area contributed by atoms with E-state index in [1.807, 2.05) is 68.4 Å². The molecule has 2 N–H and O–H groups in total. The zero-order valence-electron chi connectivity index (χ0n) is 18.0. The predicted octanol–water partition coefficient (Wildman–Crippen LogP) is 7.09. The lowest BCUT2D eigenvalue weighted by molar-refractivity contribution is 0.104. The molecule has 0 aromatic heterocycles. The van der Waals surface area contributed by atoms with Gasteiger partial charge in [-0.1, -0.05) is 77.0 Å². The van der Waals surface area contributed by atoms with Crippen molar-refractivity contribution in [3.63, 3.8) is 0 Å². The Labute approximate surface area is 196 Å². The van der Waals surface area contributed by atoms with E-state index in [1.54, 1.807) is 18.2 Å². The number of carbonyl (C=O) groups excluding carboxylic acids is 2. The van der Waals surface area contributed by atoms with Crippen molar-refractivity contribution in [1.82, 2.24) is 0 Å². The highest BCUT2D eigenvalue weighted by molar-refractivity contribution is 9.10. The van der Waals surface area contributed by atoms with Gasteiger partial charge < -0.3 is 15.4 Å². The third-order valence-electron chi connectivity index (χ3n) is 4.55. The summed E-state index contributed by atoms with van der Waals surface area (Å²) in [6, 6.07) is 20.1. The van der Waals surface area contributed by atoms with Crippen molar-refractivity contribution in [2.24, 2.45) is 0 Å². The first-order valence-electron chi connectivity index (χ1n) is 10.3. The number of amides is 2. The van der Waals surface area contributed by atoms with Crippen molar-refractivity contribution in [3.05, 3.63) is 94.0 Å². The van der Waals surface area contributed by atoms with Crippen LogP contribution in [-0.2, 0) is 0 Å². The fourth-order valence-corrected chi connectivity index (χ4v) is 3.43. The van der Waals surface area contributed by atoms with Crippen LogP contribution in [0.2, 0.25) is 0 Å². The molecule has 0 aliphatic heterocycles. The standard InChI is InChI=1S/C26H25BrN2O3/c1-3-15-32-25-22(24(30)14-11-19-7-5-4-6-8-19)16-20(27)17-23(25)29-26(31)28-21-12-9-18(2)10-13-21/h4-14,16-17H,3,15H2,1-2H3,(H2,28,29,31)/b14-11+. The van der Waals surface area contributed by atoms with Gasteiger partial charge in [0.05, 0.1) is 17.9 Å². The molecule has 5 nitrogen and oxygen atoms in total. The second-order valence-electron chi connectivity index (χ2n) is 7.23. The predicted molar refractivity (Wildman–Crippen MR) is 134 cm³/mol. The number of rotatable bonds is 8. The Morgan fingerprint density at radius 1 is 1.00 bits per heavy atom. The molecule has 2 amide bonds. The number of allylic oxidation sites excluding steroid dienone is 1. The number of ketones is 1. The van der Waals surface area contributed by atoms with Gasteiger partial charge in [-0.25, -0.2) is 4.79 Å². The Kier molecular flexibility index (Phi) is 8.22. The minimum atomic E-state index is -0.425. The molecule has 6 heteroatoms. The van der Waals surface area contributed by atoms with E-state index in [9.17, 15) is 9.59 Å². The number of hydrogen-bond acceptors (Lipinski definition) is 3. The number of benzene rings is 3. The number of ether oxygens (including phenoxy) is 1. The van der Waals surface area contributed by atoms with Gasteiger partial charge in [0, 0.05) is 10.2 Å². The lowest BCUT2D eigenvalue weighted by Gasteiger charge is -2.16. The van der Waals surface area contributed by atoms with Crippen molar-refractivity contribution in [1.29, 1.82) is 0 Å². The maximum absolute atomic E-state index is 13.0. The van der Waals surface area contributed by atoms with E-state index in [1.165, 1.54) is 6.08 Å². The molecule has 0 heterocycles. The molecule has 0 radical (unpaired) electrons. The zero-order valence-corrected chi connectivity index (χ0v) is 19.6. The van der Waals surface area contributed by atoms with E-state index in [-0.39, 0.29) is 5.78 Å². The summed E-state index contributed by atoms with van der Waals surface area (Å²) < 4.78 is 6.55. The van der Waals surface area contributed by atoms with Gasteiger partial charge in [-0.05, 0) is 49.2 Å². The maximum Gasteiger partial charge on any atom is 0.323 e. The Morgan fingerprint density at radius 3 is 2.41 bits per heavy atom. The zero-order chi connectivity index (χ0) is 22.9. The van der Waals surface area contributed by atoms with Gasteiger partial charge in [-0.3, -0.25) is 4.79 Å². The Bertz CT molecular complexity index is 1110. The Morgan fingerprint density at radius 2 is 1.72 bits per heavy atom. The van der Waals surface area contributed by atoms with E-state index in [4.69, 9.17) is 4.74 Å². The third kappa shape index (κ3) is 6.56. The summed E-state index contributed by atoms with van der Waals surface area (Å²) in [5.41, 5.74) is 3.47. The van der Waals surface area contributed by atoms with Crippen LogP contribution in [-0.4, -0.2) is 18.4 Å². The first-order chi connectivity index (χ1) is 15.5. The van der Waals surface area contributed by atoms with Gasteiger partial charge >= 0.3 is 6.03 Å². The molecular formula is C26H25BrN2O3. The second-order valence-corrected chi connectivity index (χ2v) is 8.15. The number of nitrogens with one attached hydrogen (secondary N) is 2. The molecule has 3 rings (SSSR count). The first-order valence-corrected chi connectivity index (χ1v) is 11.1. The van der Waals surface area contributed by atoms with Crippen LogP contribution < -0.4 is 15.4 Å². The van der Waals surface area contributed by atoms with Crippen LogP contribution in [0, 0.1) is 6.92 Å². The van der Waals surface area contributed by atoms with Gasteiger partial charge in [0.15, 0.2) is 11.5 Å². The fraction of sp³-hybridized carbons (Fsp3) is 0.154. The maximum atomic E-state index is 13.0. The SMILES string of the molecule is CCCOc1c(NC(=O)Nc2ccc(C)cc2)cc(Br)cc1C(=O)/C=C/c1ccccc1. The number of halogens is 1. The van der Waals surface area contributed by atoms with Crippen molar-refractivity contribution in [3.8, 4) is 5.75 Å². The largest absolute Gasteiger partial charge is 0.491 e. The van der Waals surface area contributed by atoms with Crippen molar-refractivity contribution in [2.45, 2.75) is 20.3 Å². The highest BCUT2D eigenvalue weighted by Crippen LogP contribution is 2.34. The van der Waals surface area contributed by atoms with Gasteiger partial charge in [0.2, 0.25) is 0 Å². The average Bonchev–Trinajstić information content (AvgIpc) is 2.78. The monoisotopic (exact) mass is 492 g/mol. The molecule has 32 heavy (non-hydrogen) atoms. The van der Waals surface area contributed by atoms with E-state index in [0.717, 1.165) is 17.5 Å². The molecule has 0 aliphatic rings. The molecule has 0 fully saturated rings. The molecule has 3 aromatic carbocycles. The van der Waals surface area contributed by atoms with Crippen molar-refractivity contribution >= 4 is 45.2 Å². The van der Waals surface area contributed by atoms with Crippen molar-refractivity contribution in [2.75, 3.05) is 17.2 Å². The van der Waals surface area contributed by atoms with E-state index >= 15 is 0 Å². The number of hydrogen-bond donors (Lipinski definition) is 2. The van der Waals surface area contributed by atoms with Crippen LogP contribution in [0.5, 0.6) is 5.75 Å². The normalized spacial score (nSPS) is 10.7. The van der Waals surface area contributed by atoms with Gasteiger partial charge in [-0.2, -0.15) is 0 Å². The van der Waals surface area contributed by atoms with Crippen LogP contribution in [0.1, 0.15) is 34.8 Å². The van der Waals surface area contributed by atoms with Gasteiger partial charge in [-0.15, -0.1) is 0 Å². The number of urea groups is 1. The average molecular weight is 493 g/mol. The number of aryl methyl sites for hydroxylation is 1. The summed E-state index contributed by atoms with van der Waals surface area (Å²) in [7, 11) is 0. The molecule has 0 atom stereocenters. The van der Waals surface area contributed by atoms with E-state index in [2.05, 4.69) is 26.6 Å². The second kappa shape index (κ2) is 11.3. The summed E-state index contributed by atoms with van der Waals surface area (Å²) in [5, 5.41) is 5.61. The van der Waals surface area contributed by atoms with Crippen LogP contribution in [0.25, 0.3) is 6.08 Å². The van der Waals surface area contributed by atoms with E-state index < -0.39 is 6.03 Å². The molecule has 3 aromatic rings. The minimum absolute atomic E-state index is 0.219. The first kappa shape index (κ1) is 23.3. The molecule has 0 unspecified atom stereocenters. The quantitative estimate of drug-likeness (QED) is 0.260. The van der Waals surface area contributed by atoms with Crippen molar-refractivity contribution < 1.29 is 14.3 Å². The molecular weight excluding hydrogens is 468 g/mol. The Balaban J connectivity index is 1.87. The van der Waals surface area contributed by atoms with Crippen LogP contribution in [0.3, 0.4) is 0 Å². The van der Waals surface area contributed by atoms with E-state index in [0.29, 0.717) is 33.8 Å². The summed E-state index contributed by atoms with van der Waals surface area (Å²) in [6.45, 7) is 4.37. The minimum Gasteiger partial charge on any atom is -0.491 e. The molecule has 0 bridgehead atoms. The summed E-state index contributed by atoms with van der Waals surface area (Å²) in [5.74, 6) is 0.125. The number of carbonyl (C=O) groups is 2.